The Morgan fingerprint density at radius 2 is 2.00 bits per heavy atom. The van der Waals surface area contributed by atoms with Crippen LogP contribution in [0.5, 0.6) is 0 Å². The van der Waals surface area contributed by atoms with Crippen LogP contribution in [-0.2, 0) is 0 Å². The molecule has 1 aliphatic carbocycles. The number of hydrogen-bond donors (Lipinski definition) is 1. The van der Waals surface area contributed by atoms with Gasteiger partial charge in [0.2, 0.25) is 0 Å². The fourth-order valence-electron chi connectivity index (χ4n) is 2.58. The van der Waals surface area contributed by atoms with Gasteiger partial charge in [-0.2, -0.15) is 0 Å². The first-order chi connectivity index (χ1) is 9.63. The summed E-state index contributed by atoms with van der Waals surface area (Å²) in [5.41, 5.74) is -0.623. The van der Waals surface area contributed by atoms with Crippen LogP contribution in [0.15, 0.2) is 33.5 Å². The standard InChI is InChI=1S/C15H14FNO3/c16-10-6-5-9-7-12(15(19)20-13(9)8-10)14(18)17-11-3-1-2-4-11/h5-8,11H,1-4H2,(H,17,18). The van der Waals surface area contributed by atoms with Crippen LogP contribution >= 0.6 is 0 Å². The Morgan fingerprint density at radius 1 is 1.25 bits per heavy atom. The normalized spacial score (nSPS) is 15.7. The van der Waals surface area contributed by atoms with E-state index >= 15 is 0 Å². The van der Waals surface area contributed by atoms with E-state index in [0.29, 0.717) is 5.39 Å². The summed E-state index contributed by atoms with van der Waals surface area (Å²) in [5, 5.41) is 3.37. The summed E-state index contributed by atoms with van der Waals surface area (Å²) in [7, 11) is 0. The molecule has 0 spiro atoms. The maximum absolute atomic E-state index is 13.1. The molecule has 4 nitrogen and oxygen atoms in total. The first-order valence-corrected chi connectivity index (χ1v) is 6.68. The van der Waals surface area contributed by atoms with E-state index in [1.165, 1.54) is 18.2 Å². The molecule has 104 valence electrons. The predicted molar refractivity (Wildman–Crippen MR) is 72.2 cm³/mol. The molecule has 1 amide bonds. The molecule has 0 radical (unpaired) electrons. The first kappa shape index (κ1) is 12.8. The van der Waals surface area contributed by atoms with Gasteiger partial charge < -0.3 is 9.73 Å². The van der Waals surface area contributed by atoms with Gasteiger partial charge in [0, 0.05) is 17.5 Å². The van der Waals surface area contributed by atoms with Crippen LogP contribution in [0.3, 0.4) is 0 Å². The van der Waals surface area contributed by atoms with Gasteiger partial charge in [-0.05, 0) is 31.0 Å². The summed E-state index contributed by atoms with van der Waals surface area (Å²) in [6.45, 7) is 0. The number of amides is 1. The maximum atomic E-state index is 13.1. The molecular weight excluding hydrogens is 261 g/mol. The Morgan fingerprint density at radius 3 is 2.75 bits per heavy atom. The number of halogens is 1. The third-order valence-electron chi connectivity index (χ3n) is 3.63. The van der Waals surface area contributed by atoms with E-state index < -0.39 is 17.3 Å². The largest absolute Gasteiger partial charge is 0.422 e. The van der Waals surface area contributed by atoms with Crippen molar-refractivity contribution in [3.63, 3.8) is 0 Å². The van der Waals surface area contributed by atoms with Gasteiger partial charge >= 0.3 is 5.63 Å². The van der Waals surface area contributed by atoms with Crippen molar-refractivity contribution in [3.05, 3.63) is 46.1 Å². The SMILES string of the molecule is O=C(NC1CCCC1)c1cc2ccc(F)cc2oc1=O. The van der Waals surface area contributed by atoms with E-state index in [0.717, 1.165) is 31.7 Å². The van der Waals surface area contributed by atoms with Crippen molar-refractivity contribution in [1.29, 1.82) is 0 Å². The summed E-state index contributed by atoms with van der Waals surface area (Å²) in [6.07, 6.45) is 4.07. The van der Waals surface area contributed by atoms with Crippen LogP contribution in [0.1, 0.15) is 36.0 Å². The number of fused-ring (bicyclic) bond motifs is 1. The number of rotatable bonds is 2. The molecule has 1 N–H and O–H groups in total. The Balaban J connectivity index is 1.94. The van der Waals surface area contributed by atoms with Crippen molar-refractivity contribution >= 4 is 16.9 Å². The van der Waals surface area contributed by atoms with Crippen LogP contribution in [0, 0.1) is 5.82 Å². The highest BCUT2D eigenvalue weighted by Gasteiger charge is 2.20. The average Bonchev–Trinajstić information content (AvgIpc) is 2.90. The van der Waals surface area contributed by atoms with Crippen LogP contribution in [0.2, 0.25) is 0 Å². The van der Waals surface area contributed by atoms with Crippen molar-refractivity contribution < 1.29 is 13.6 Å². The highest BCUT2D eigenvalue weighted by molar-refractivity contribution is 5.96. The van der Waals surface area contributed by atoms with Gasteiger partial charge in [-0.3, -0.25) is 4.79 Å². The summed E-state index contributed by atoms with van der Waals surface area (Å²) in [5.74, 6) is -0.902. The van der Waals surface area contributed by atoms with Gasteiger partial charge in [-0.25, -0.2) is 9.18 Å². The summed E-state index contributed by atoms with van der Waals surface area (Å²) in [6, 6.07) is 5.46. The molecule has 1 fully saturated rings. The van der Waals surface area contributed by atoms with E-state index in [1.807, 2.05) is 0 Å². The van der Waals surface area contributed by atoms with Crippen molar-refractivity contribution in [3.8, 4) is 0 Å². The molecule has 1 aromatic carbocycles. The fourth-order valence-corrected chi connectivity index (χ4v) is 2.58. The zero-order chi connectivity index (χ0) is 14.1. The Kier molecular flexibility index (Phi) is 3.26. The molecule has 5 heteroatoms. The Bertz CT molecular complexity index is 717. The second-order valence-corrected chi connectivity index (χ2v) is 5.08. The van der Waals surface area contributed by atoms with Gasteiger partial charge in [-0.15, -0.1) is 0 Å². The monoisotopic (exact) mass is 275 g/mol. The van der Waals surface area contributed by atoms with Gasteiger partial charge in [0.05, 0.1) is 0 Å². The van der Waals surface area contributed by atoms with E-state index in [1.54, 1.807) is 0 Å². The van der Waals surface area contributed by atoms with Gasteiger partial charge in [-0.1, -0.05) is 12.8 Å². The minimum Gasteiger partial charge on any atom is -0.422 e. The van der Waals surface area contributed by atoms with Crippen LogP contribution in [-0.4, -0.2) is 11.9 Å². The molecule has 0 saturated heterocycles. The quantitative estimate of drug-likeness (QED) is 0.857. The lowest BCUT2D eigenvalue weighted by Gasteiger charge is -2.11. The highest BCUT2D eigenvalue weighted by atomic mass is 19.1. The zero-order valence-electron chi connectivity index (χ0n) is 10.8. The zero-order valence-corrected chi connectivity index (χ0v) is 10.8. The smallest absolute Gasteiger partial charge is 0.349 e. The highest BCUT2D eigenvalue weighted by Crippen LogP contribution is 2.19. The number of benzene rings is 1. The topological polar surface area (TPSA) is 59.3 Å². The lowest BCUT2D eigenvalue weighted by Crippen LogP contribution is -2.35. The molecular formula is C15H14FNO3. The lowest BCUT2D eigenvalue weighted by atomic mass is 10.1. The second kappa shape index (κ2) is 5.07. The van der Waals surface area contributed by atoms with E-state index in [9.17, 15) is 14.0 Å². The van der Waals surface area contributed by atoms with Crippen LogP contribution < -0.4 is 10.9 Å². The van der Waals surface area contributed by atoms with E-state index in [4.69, 9.17) is 4.42 Å². The lowest BCUT2D eigenvalue weighted by molar-refractivity contribution is 0.0934. The van der Waals surface area contributed by atoms with Gasteiger partial charge in [0.25, 0.3) is 5.91 Å². The number of carbonyl (C=O) groups is 1. The third kappa shape index (κ3) is 2.43. The van der Waals surface area contributed by atoms with E-state index in [-0.39, 0.29) is 17.2 Å². The number of hydrogen-bond acceptors (Lipinski definition) is 3. The van der Waals surface area contributed by atoms with E-state index in [2.05, 4.69) is 5.32 Å². The molecule has 0 bridgehead atoms. The van der Waals surface area contributed by atoms with Crippen molar-refractivity contribution in [1.82, 2.24) is 5.32 Å². The maximum Gasteiger partial charge on any atom is 0.349 e. The summed E-state index contributed by atoms with van der Waals surface area (Å²) < 4.78 is 18.1. The minimum absolute atomic E-state index is 0.0315. The predicted octanol–water partition coefficient (Wildman–Crippen LogP) is 2.60. The molecule has 0 unspecified atom stereocenters. The Labute approximate surface area is 114 Å². The molecule has 1 aromatic heterocycles. The second-order valence-electron chi connectivity index (χ2n) is 5.08. The molecule has 0 atom stereocenters. The van der Waals surface area contributed by atoms with Crippen LogP contribution in [0.4, 0.5) is 4.39 Å². The molecule has 3 rings (SSSR count). The van der Waals surface area contributed by atoms with Crippen molar-refractivity contribution in [2.45, 2.75) is 31.7 Å². The van der Waals surface area contributed by atoms with Crippen LogP contribution in [0.25, 0.3) is 11.0 Å². The average molecular weight is 275 g/mol. The van der Waals surface area contributed by atoms with Crippen molar-refractivity contribution in [2.75, 3.05) is 0 Å². The molecule has 1 saturated carbocycles. The first-order valence-electron chi connectivity index (χ1n) is 6.68. The summed E-state index contributed by atoms with van der Waals surface area (Å²) in [4.78, 5) is 23.9. The molecule has 1 aliphatic rings. The molecule has 2 aromatic rings. The van der Waals surface area contributed by atoms with Gasteiger partial charge in [0.15, 0.2) is 0 Å². The van der Waals surface area contributed by atoms with Crippen molar-refractivity contribution in [2.24, 2.45) is 0 Å². The number of carbonyl (C=O) groups excluding carboxylic acids is 1. The molecule has 20 heavy (non-hydrogen) atoms. The minimum atomic E-state index is -0.737. The fraction of sp³-hybridized carbons (Fsp3) is 0.333. The third-order valence-corrected chi connectivity index (χ3v) is 3.63. The van der Waals surface area contributed by atoms with Gasteiger partial charge in [0.1, 0.15) is 17.0 Å². The number of nitrogens with one attached hydrogen (secondary N) is 1. The Hall–Kier alpha value is -2.17. The molecule has 0 aliphatic heterocycles. The summed E-state index contributed by atoms with van der Waals surface area (Å²) >= 11 is 0. The molecule has 1 heterocycles.